The van der Waals surface area contributed by atoms with E-state index < -0.39 is 11.7 Å². The van der Waals surface area contributed by atoms with Gasteiger partial charge in [0, 0.05) is 16.9 Å². The van der Waals surface area contributed by atoms with Crippen LogP contribution in [0.2, 0.25) is 0 Å². The van der Waals surface area contributed by atoms with Gasteiger partial charge in [-0.1, -0.05) is 6.07 Å². The molecule has 0 aliphatic carbocycles. The van der Waals surface area contributed by atoms with E-state index in [1.54, 1.807) is 13.3 Å². The van der Waals surface area contributed by atoms with E-state index in [2.05, 4.69) is 10.5 Å². The summed E-state index contributed by atoms with van der Waals surface area (Å²) in [6.45, 7) is 1.98. The van der Waals surface area contributed by atoms with Crippen molar-refractivity contribution in [3.63, 3.8) is 0 Å². The van der Waals surface area contributed by atoms with Gasteiger partial charge in [0.2, 0.25) is 0 Å². The van der Waals surface area contributed by atoms with Gasteiger partial charge in [0.1, 0.15) is 11.6 Å². The lowest BCUT2D eigenvalue weighted by Crippen LogP contribution is -2.18. The molecule has 3 aromatic rings. The fourth-order valence-electron chi connectivity index (χ4n) is 2.59. The smallest absolute Gasteiger partial charge is 0.271 e. The van der Waals surface area contributed by atoms with Crippen molar-refractivity contribution in [3.05, 3.63) is 83.4 Å². The normalized spacial score (nSPS) is 10.9. The van der Waals surface area contributed by atoms with Crippen LogP contribution < -0.4 is 10.2 Å². The molecule has 5 nitrogen and oxygen atoms in total. The number of hydrazone groups is 1. The first-order valence-corrected chi connectivity index (χ1v) is 8.00. The van der Waals surface area contributed by atoms with Crippen molar-refractivity contribution in [3.8, 4) is 11.4 Å². The largest absolute Gasteiger partial charge is 0.497 e. The summed E-state index contributed by atoms with van der Waals surface area (Å²) in [4.78, 5) is 12.0. The summed E-state index contributed by atoms with van der Waals surface area (Å²) in [5, 5.41) is 3.99. The fraction of sp³-hybridized carbons (Fsp3) is 0.100. The van der Waals surface area contributed by atoms with Crippen LogP contribution in [-0.2, 0) is 0 Å². The molecule has 0 fully saturated rings. The molecule has 26 heavy (non-hydrogen) atoms. The minimum Gasteiger partial charge on any atom is -0.497 e. The number of ether oxygens (including phenoxy) is 1. The Morgan fingerprint density at radius 3 is 2.62 bits per heavy atom. The Labute approximate surface area is 150 Å². The van der Waals surface area contributed by atoms with E-state index in [9.17, 15) is 9.18 Å². The van der Waals surface area contributed by atoms with Gasteiger partial charge >= 0.3 is 0 Å². The molecule has 1 heterocycles. The minimum atomic E-state index is -0.472. The number of benzene rings is 2. The van der Waals surface area contributed by atoms with Gasteiger partial charge in [-0.05, 0) is 61.5 Å². The first-order chi connectivity index (χ1) is 12.6. The van der Waals surface area contributed by atoms with Crippen LogP contribution in [-0.4, -0.2) is 23.8 Å². The highest BCUT2D eigenvalue weighted by Crippen LogP contribution is 2.19. The summed E-state index contributed by atoms with van der Waals surface area (Å²) in [5.74, 6) is -0.165. The number of rotatable bonds is 5. The number of nitrogens with zero attached hydrogens (tertiary/aromatic N) is 2. The minimum absolute atomic E-state index is 0.212. The standard InChI is InChI=1S/C20H18FN3O2/c1-14-6-7-18(24(14)17-8-10-19(26-2)11-9-17)13-22-23-20(25)15-4-3-5-16(21)12-15/h3-13H,1-2H3,(H,23,25)/b22-13+. The Morgan fingerprint density at radius 2 is 1.92 bits per heavy atom. The SMILES string of the molecule is COc1ccc(-n2c(C)ccc2/C=N/NC(=O)c2cccc(F)c2)cc1. The van der Waals surface area contributed by atoms with Crippen molar-refractivity contribution in [2.75, 3.05) is 7.11 Å². The summed E-state index contributed by atoms with van der Waals surface area (Å²) in [6, 6.07) is 16.9. The van der Waals surface area contributed by atoms with Crippen LogP contribution in [0.3, 0.4) is 0 Å². The first kappa shape index (κ1) is 17.4. The second-order valence-corrected chi connectivity index (χ2v) is 5.64. The summed E-state index contributed by atoms with van der Waals surface area (Å²) in [7, 11) is 1.62. The Bertz CT molecular complexity index is 946. The number of aryl methyl sites for hydroxylation is 1. The zero-order valence-electron chi connectivity index (χ0n) is 14.4. The molecule has 0 aliphatic heterocycles. The van der Waals surface area contributed by atoms with Gasteiger partial charge in [-0.2, -0.15) is 5.10 Å². The molecule has 0 saturated carbocycles. The average molecular weight is 351 g/mol. The lowest BCUT2D eigenvalue weighted by Gasteiger charge is -2.10. The van der Waals surface area contributed by atoms with Gasteiger partial charge in [-0.3, -0.25) is 4.79 Å². The van der Waals surface area contributed by atoms with E-state index in [-0.39, 0.29) is 5.56 Å². The van der Waals surface area contributed by atoms with Gasteiger partial charge in [-0.15, -0.1) is 0 Å². The maximum atomic E-state index is 13.2. The molecule has 132 valence electrons. The third kappa shape index (κ3) is 3.80. The topological polar surface area (TPSA) is 55.6 Å². The van der Waals surface area contributed by atoms with Crippen LogP contribution in [0.4, 0.5) is 4.39 Å². The molecule has 2 aromatic carbocycles. The highest BCUT2D eigenvalue weighted by molar-refractivity contribution is 5.94. The third-order valence-corrected chi connectivity index (χ3v) is 3.89. The quantitative estimate of drug-likeness (QED) is 0.563. The third-order valence-electron chi connectivity index (χ3n) is 3.89. The number of amides is 1. The molecule has 1 amide bonds. The summed E-state index contributed by atoms with van der Waals surface area (Å²) in [5.41, 5.74) is 5.39. The molecule has 0 bridgehead atoms. The van der Waals surface area contributed by atoms with Crippen LogP contribution in [0.5, 0.6) is 5.75 Å². The zero-order valence-corrected chi connectivity index (χ0v) is 14.4. The molecule has 0 atom stereocenters. The number of hydrogen-bond donors (Lipinski definition) is 1. The van der Waals surface area contributed by atoms with Gasteiger partial charge < -0.3 is 9.30 Å². The molecular weight excluding hydrogens is 333 g/mol. The Morgan fingerprint density at radius 1 is 1.15 bits per heavy atom. The second-order valence-electron chi connectivity index (χ2n) is 5.64. The first-order valence-electron chi connectivity index (χ1n) is 8.00. The number of carbonyl (C=O) groups excluding carboxylic acids is 1. The molecule has 6 heteroatoms. The van der Waals surface area contributed by atoms with Crippen molar-refractivity contribution in [2.24, 2.45) is 5.10 Å². The van der Waals surface area contributed by atoms with Crippen LogP contribution in [0, 0.1) is 12.7 Å². The van der Waals surface area contributed by atoms with E-state index >= 15 is 0 Å². The molecule has 0 spiro atoms. The molecule has 0 saturated heterocycles. The molecule has 3 rings (SSSR count). The maximum absolute atomic E-state index is 13.2. The summed E-state index contributed by atoms with van der Waals surface area (Å²) in [6.07, 6.45) is 1.55. The molecule has 1 aromatic heterocycles. The predicted octanol–water partition coefficient (Wildman–Crippen LogP) is 3.70. The van der Waals surface area contributed by atoms with E-state index in [0.717, 1.165) is 28.9 Å². The molecule has 1 N–H and O–H groups in total. The number of hydrogen-bond acceptors (Lipinski definition) is 3. The Kier molecular flexibility index (Phi) is 5.12. The molecular formula is C20H18FN3O2. The number of methoxy groups -OCH3 is 1. The predicted molar refractivity (Wildman–Crippen MR) is 98.5 cm³/mol. The van der Waals surface area contributed by atoms with E-state index in [4.69, 9.17) is 4.74 Å². The maximum Gasteiger partial charge on any atom is 0.271 e. The highest BCUT2D eigenvalue weighted by Gasteiger charge is 2.07. The molecule has 0 aliphatic rings. The van der Waals surface area contributed by atoms with Gasteiger partial charge in [0.15, 0.2) is 0 Å². The monoisotopic (exact) mass is 351 g/mol. The van der Waals surface area contributed by atoms with Crippen LogP contribution in [0.15, 0.2) is 65.8 Å². The van der Waals surface area contributed by atoms with Crippen LogP contribution in [0.25, 0.3) is 5.69 Å². The Balaban J connectivity index is 1.78. The molecule has 0 radical (unpaired) electrons. The number of nitrogens with one attached hydrogen (secondary N) is 1. The van der Waals surface area contributed by atoms with Crippen molar-refractivity contribution < 1.29 is 13.9 Å². The van der Waals surface area contributed by atoms with Crippen LogP contribution in [0.1, 0.15) is 21.7 Å². The van der Waals surface area contributed by atoms with E-state index in [1.165, 1.54) is 18.2 Å². The van der Waals surface area contributed by atoms with Crippen molar-refractivity contribution in [1.82, 2.24) is 9.99 Å². The number of aromatic nitrogens is 1. The molecule has 0 unspecified atom stereocenters. The van der Waals surface area contributed by atoms with E-state index in [1.807, 2.05) is 47.9 Å². The summed E-state index contributed by atoms with van der Waals surface area (Å²) >= 11 is 0. The van der Waals surface area contributed by atoms with E-state index in [0.29, 0.717) is 0 Å². The van der Waals surface area contributed by atoms with Gasteiger partial charge in [0.25, 0.3) is 5.91 Å². The van der Waals surface area contributed by atoms with Gasteiger partial charge in [0.05, 0.1) is 19.0 Å². The zero-order chi connectivity index (χ0) is 18.5. The van der Waals surface area contributed by atoms with Gasteiger partial charge in [-0.25, -0.2) is 9.82 Å². The van der Waals surface area contributed by atoms with Crippen molar-refractivity contribution >= 4 is 12.1 Å². The highest BCUT2D eigenvalue weighted by atomic mass is 19.1. The second kappa shape index (κ2) is 7.65. The Hall–Kier alpha value is -3.41. The average Bonchev–Trinajstić information content (AvgIpc) is 3.02. The lowest BCUT2D eigenvalue weighted by molar-refractivity contribution is 0.0954. The van der Waals surface area contributed by atoms with Crippen LogP contribution >= 0.6 is 0 Å². The lowest BCUT2D eigenvalue weighted by atomic mass is 10.2. The number of halogens is 1. The summed E-state index contributed by atoms with van der Waals surface area (Å²) < 4.78 is 20.4. The van der Waals surface area contributed by atoms with Crippen molar-refractivity contribution in [2.45, 2.75) is 6.92 Å². The van der Waals surface area contributed by atoms with Crippen molar-refractivity contribution in [1.29, 1.82) is 0 Å². The fourth-order valence-corrected chi connectivity index (χ4v) is 2.59. The number of carbonyl (C=O) groups is 1.